The molecule has 2 aromatic rings. The molecule has 0 unspecified atom stereocenters. The maximum absolute atomic E-state index is 12.2. The highest BCUT2D eigenvalue weighted by Crippen LogP contribution is 2.13. The van der Waals surface area contributed by atoms with Gasteiger partial charge in [0.2, 0.25) is 5.91 Å². The monoisotopic (exact) mass is 330 g/mol. The van der Waals surface area contributed by atoms with Crippen LogP contribution in [0.4, 0.5) is 0 Å². The summed E-state index contributed by atoms with van der Waals surface area (Å²) in [6, 6.07) is 4.97. The predicted octanol–water partition coefficient (Wildman–Crippen LogP) is 0.981. The Morgan fingerprint density at radius 3 is 2.62 bits per heavy atom. The third-order valence-electron chi connectivity index (χ3n) is 3.67. The summed E-state index contributed by atoms with van der Waals surface area (Å²) < 4.78 is 1.62. The molecule has 2 N–H and O–H groups in total. The first kappa shape index (κ1) is 17.7. The topological polar surface area (TPSA) is 93.1 Å². The van der Waals surface area contributed by atoms with Gasteiger partial charge in [0.05, 0.1) is 17.6 Å². The fourth-order valence-corrected chi connectivity index (χ4v) is 2.42. The first-order valence-electron chi connectivity index (χ1n) is 8.04. The van der Waals surface area contributed by atoms with Gasteiger partial charge in [-0.25, -0.2) is 4.98 Å². The summed E-state index contributed by atoms with van der Waals surface area (Å²) in [5.74, 6) is -0.572. The highest BCUT2D eigenvalue weighted by Gasteiger charge is 2.12. The zero-order chi connectivity index (χ0) is 17.7. The lowest BCUT2D eigenvalue weighted by molar-refractivity contribution is -0.120. The number of nitrogens with one attached hydrogen (secondary N) is 2. The first-order chi connectivity index (χ1) is 11.5. The number of hydrogen-bond donors (Lipinski definition) is 2. The number of hydrogen-bond acceptors (Lipinski definition) is 4. The number of amides is 2. The molecule has 0 atom stereocenters. The van der Waals surface area contributed by atoms with E-state index >= 15 is 0 Å². The minimum absolute atomic E-state index is 0.0716. The van der Waals surface area contributed by atoms with E-state index in [2.05, 4.69) is 15.6 Å². The Morgan fingerprint density at radius 1 is 1.21 bits per heavy atom. The van der Waals surface area contributed by atoms with E-state index in [-0.39, 0.29) is 23.9 Å². The minimum atomic E-state index is -0.350. The Labute approximate surface area is 140 Å². The Morgan fingerprint density at radius 2 is 1.96 bits per heavy atom. The maximum atomic E-state index is 12.2. The Balaban J connectivity index is 2.21. The van der Waals surface area contributed by atoms with Crippen LogP contribution in [0, 0.1) is 6.92 Å². The van der Waals surface area contributed by atoms with Gasteiger partial charge in [-0.3, -0.25) is 14.4 Å². The SMILES string of the molecule is CCCNC(=O)CNC(=O)c1ccc2c(c1)nc(C)c(=O)n2CC. The van der Waals surface area contributed by atoms with Crippen molar-refractivity contribution in [3.05, 3.63) is 39.8 Å². The number of carbonyl (C=O) groups is 2. The lowest BCUT2D eigenvalue weighted by atomic mass is 10.1. The van der Waals surface area contributed by atoms with E-state index in [1.165, 1.54) is 0 Å². The number of fused-ring (bicyclic) bond motifs is 1. The lowest BCUT2D eigenvalue weighted by Crippen LogP contribution is -2.37. The van der Waals surface area contributed by atoms with E-state index in [0.717, 1.165) is 6.42 Å². The van der Waals surface area contributed by atoms with E-state index < -0.39 is 0 Å². The molecule has 0 spiro atoms. The van der Waals surface area contributed by atoms with Crippen LogP contribution in [0.1, 0.15) is 36.3 Å². The molecule has 1 aromatic carbocycles. The number of carbonyl (C=O) groups excluding carboxylic acids is 2. The van der Waals surface area contributed by atoms with Crippen LogP contribution in [0.3, 0.4) is 0 Å². The zero-order valence-electron chi connectivity index (χ0n) is 14.2. The second-order valence-electron chi connectivity index (χ2n) is 5.48. The van der Waals surface area contributed by atoms with Crippen molar-refractivity contribution in [3.63, 3.8) is 0 Å². The molecule has 0 fully saturated rings. The molecule has 0 bridgehead atoms. The van der Waals surface area contributed by atoms with Crippen molar-refractivity contribution in [1.82, 2.24) is 20.2 Å². The van der Waals surface area contributed by atoms with Crippen LogP contribution in [0.15, 0.2) is 23.0 Å². The van der Waals surface area contributed by atoms with Crippen LogP contribution in [-0.2, 0) is 11.3 Å². The summed E-state index contributed by atoms with van der Waals surface area (Å²) in [7, 11) is 0. The van der Waals surface area contributed by atoms with Crippen molar-refractivity contribution >= 4 is 22.8 Å². The summed E-state index contributed by atoms with van der Waals surface area (Å²) in [6.07, 6.45) is 0.842. The molecular weight excluding hydrogens is 308 g/mol. The van der Waals surface area contributed by atoms with Gasteiger partial charge < -0.3 is 15.2 Å². The average Bonchev–Trinajstić information content (AvgIpc) is 2.58. The van der Waals surface area contributed by atoms with Crippen LogP contribution in [0.25, 0.3) is 11.0 Å². The standard InChI is InChI=1S/C17H22N4O3/c1-4-8-18-15(22)10-19-16(23)12-6-7-14-13(9-12)20-11(3)17(24)21(14)5-2/h6-7,9H,4-5,8,10H2,1-3H3,(H,18,22)(H,19,23). The average molecular weight is 330 g/mol. The smallest absolute Gasteiger partial charge is 0.272 e. The van der Waals surface area contributed by atoms with Gasteiger partial charge in [0.25, 0.3) is 11.5 Å². The normalized spacial score (nSPS) is 10.6. The third-order valence-corrected chi connectivity index (χ3v) is 3.67. The van der Waals surface area contributed by atoms with Crippen molar-refractivity contribution in [2.45, 2.75) is 33.7 Å². The molecule has 0 saturated heterocycles. The number of aryl methyl sites for hydroxylation is 2. The van der Waals surface area contributed by atoms with Crippen molar-refractivity contribution in [2.24, 2.45) is 0 Å². The van der Waals surface area contributed by atoms with Crippen molar-refractivity contribution in [3.8, 4) is 0 Å². The number of nitrogens with zero attached hydrogens (tertiary/aromatic N) is 2. The molecule has 128 valence electrons. The van der Waals surface area contributed by atoms with Gasteiger partial charge >= 0.3 is 0 Å². The molecule has 1 aromatic heterocycles. The molecule has 2 rings (SSSR count). The zero-order valence-corrected chi connectivity index (χ0v) is 14.2. The van der Waals surface area contributed by atoms with E-state index in [0.29, 0.717) is 35.4 Å². The van der Waals surface area contributed by atoms with Gasteiger partial charge in [0.15, 0.2) is 0 Å². The number of rotatable bonds is 6. The van der Waals surface area contributed by atoms with Crippen LogP contribution in [0.5, 0.6) is 0 Å². The minimum Gasteiger partial charge on any atom is -0.355 e. The number of benzene rings is 1. The van der Waals surface area contributed by atoms with Crippen LogP contribution in [-0.4, -0.2) is 34.5 Å². The molecule has 24 heavy (non-hydrogen) atoms. The highest BCUT2D eigenvalue weighted by molar-refractivity contribution is 5.99. The van der Waals surface area contributed by atoms with Crippen molar-refractivity contribution in [2.75, 3.05) is 13.1 Å². The lowest BCUT2D eigenvalue weighted by Gasteiger charge is -2.10. The Kier molecular flexibility index (Phi) is 5.68. The second-order valence-corrected chi connectivity index (χ2v) is 5.48. The molecule has 0 aliphatic rings. The summed E-state index contributed by atoms with van der Waals surface area (Å²) >= 11 is 0. The van der Waals surface area contributed by atoms with Crippen molar-refractivity contribution < 1.29 is 9.59 Å². The fourth-order valence-electron chi connectivity index (χ4n) is 2.42. The van der Waals surface area contributed by atoms with Crippen molar-refractivity contribution in [1.29, 1.82) is 0 Å². The van der Waals surface area contributed by atoms with E-state index in [9.17, 15) is 14.4 Å². The second kappa shape index (κ2) is 7.72. The van der Waals surface area contributed by atoms with E-state index in [1.807, 2.05) is 13.8 Å². The summed E-state index contributed by atoms with van der Waals surface area (Å²) in [4.78, 5) is 40.1. The molecule has 2 amide bonds. The quantitative estimate of drug-likeness (QED) is 0.826. The highest BCUT2D eigenvalue weighted by atomic mass is 16.2. The molecular formula is C17H22N4O3. The predicted molar refractivity (Wildman–Crippen MR) is 92.0 cm³/mol. The molecule has 7 nitrogen and oxygen atoms in total. The van der Waals surface area contributed by atoms with E-state index in [1.54, 1.807) is 29.7 Å². The molecule has 0 aliphatic heterocycles. The molecule has 0 saturated carbocycles. The molecule has 7 heteroatoms. The first-order valence-corrected chi connectivity index (χ1v) is 8.04. The fraction of sp³-hybridized carbons (Fsp3) is 0.412. The maximum Gasteiger partial charge on any atom is 0.272 e. The molecule has 1 heterocycles. The van der Waals surface area contributed by atoms with Gasteiger partial charge in [-0.15, -0.1) is 0 Å². The summed E-state index contributed by atoms with van der Waals surface area (Å²) in [6.45, 7) is 6.54. The molecule has 0 radical (unpaired) electrons. The van der Waals surface area contributed by atoms with Crippen LogP contribution in [0.2, 0.25) is 0 Å². The van der Waals surface area contributed by atoms with Crippen LogP contribution < -0.4 is 16.2 Å². The third kappa shape index (κ3) is 3.79. The van der Waals surface area contributed by atoms with E-state index in [4.69, 9.17) is 0 Å². The van der Waals surface area contributed by atoms with Gasteiger partial charge in [-0.1, -0.05) is 6.92 Å². The summed E-state index contributed by atoms with van der Waals surface area (Å²) in [5.41, 5.74) is 1.93. The van der Waals surface area contributed by atoms with Gasteiger partial charge in [-0.05, 0) is 38.5 Å². The van der Waals surface area contributed by atoms with Gasteiger partial charge in [-0.2, -0.15) is 0 Å². The van der Waals surface area contributed by atoms with Gasteiger partial charge in [0, 0.05) is 18.7 Å². The van der Waals surface area contributed by atoms with Gasteiger partial charge in [0.1, 0.15) is 5.69 Å². The summed E-state index contributed by atoms with van der Waals surface area (Å²) in [5, 5.41) is 5.27. The van der Waals surface area contributed by atoms with Crippen LogP contribution >= 0.6 is 0 Å². The molecule has 0 aliphatic carbocycles. The Bertz CT molecular complexity index is 826. The largest absolute Gasteiger partial charge is 0.355 e. The number of aromatic nitrogens is 2. The Hall–Kier alpha value is -2.70.